The molecule has 7 heteroatoms. The predicted molar refractivity (Wildman–Crippen MR) is 128 cm³/mol. The molecule has 176 valence electrons. The van der Waals surface area contributed by atoms with Crippen LogP contribution in [0, 0.1) is 5.92 Å². The minimum absolute atomic E-state index is 0.295. The van der Waals surface area contributed by atoms with Crippen molar-refractivity contribution in [3.63, 3.8) is 0 Å². The predicted octanol–water partition coefficient (Wildman–Crippen LogP) is 2.51. The molecule has 7 nitrogen and oxygen atoms in total. The molecule has 5 rings (SSSR count). The quantitative estimate of drug-likeness (QED) is 0.523. The molecule has 1 unspecified atom stereocenters. The van der Waals surface area contributed by atoms with Gasteiger partial charge in [-0.15, -0.1) is 0 Å². The van der Waals surface area contributed by atoms with Gasteiger partial charge in [-0.1, -0.05) is 24.3 Å². The molecule has 2 N–H and O–H groups in total. The molecule has 0 saturated carbocycles. The van der Waals surface area contributed by atoms with Gasteiger partial charge in [0.05, 0.1) is 19.1 Å². The van der Waals surface area contributed by atoms with E-state index in [1.54, 1.807) is 5.48 Å². The number of allylic oxidation sites excluding steroid dienone is 3. The van der Waals surface area contributed by atoms with E-state index in [2.05, 4.69) is 45.7 Å². The van der Waals surface area contributed by atoms with Gasteiger partial charge >= 0.3 is 0 Å². The van der Waals surface area contributed by atoms with Crippen LogP contribution in [0.5, 0.6) is 0 Å². The SMILES string of the molecule is CN1CCc2c(c3cc(CCN4CCOCC4)ccc3n2CC2=CCC(C(=O)NO)C=C2)C1. The van der Waals surface area contributed by atoms with Crippen LogP contribution in [0.2, 0.25) is 0 Å². The third-order valence-electron chi connectivity index (χ3n) is 7.29. The summed E-state index contributed by atoms with van der Waals surface area (Å²) < 4.78 is 7.96. The minimum Gasteiger partial charge on any atom is -0.379 e. The Kier molecular flexibility index (Phi) is 6.64. The lowest BCUT2D eigenvalue weighted by atomic mass is 9.96. The second-order valence-corrected chi connectivity index (χ2v) is 9.51. The molecule has 1 fully saturated rings. The maximum atomic E-state index is 11.7. The Morgan fingerprint density at radius 1 is 1.24 bits per heavy atom. The van der Waals surface area contributed by atoms with E-state index in [1.165, 1.54) is 33.3 Å². The molecule has 3 aliphatic rings. The van der Waals surface area contributed by atoms with Gasteiger partial charge in [0.1, 0.15) is 0 Å². The van der Waals surface area contributed by atoms with Gasteiger partial charge in [0.15, 0.2) is 0 Å². The Morgan fingerprint density at radius 3 is 2.85 bits per heavy atom. The molecule has 2 aromatic rings. The van der Waals surface area contributed by atoms with Crippen LogP contribution < -0.4 is 5.48 Å². The molecule has 0 spiro atoms. The standard InChI is InChI=1S/C26H34N4O3/c1-28-10-9-25-23(18-28)22-16-19(8-11-29-12-14-33-15-13-29)4-7-24(22)30(25)17-20-2-5-21(6-3-20)26(31)27-32/h2-5,7,16,21,32H,6,8-15,17-18H2,1H3,(H,27,31). The van der Waals surface area contributed by atoms with E-state index in [-0.39, 0.29) is 11.8 Å². The van der Waals surface area contributed by atoms with Gasteiger partial charge in [0, 0.05) is 62.3 Å². The smallest absolute Gasteiger partial charge is 0.250 e. The Bertz CT molecular complexity index is 1080. The average Bonchev–Trinajstić information content (AvgIpc) is 3.15. The van der Waals surface area contributed by atoms with Crippen molar-refractivity contribution in [3.05, 3.63) is 58.8 Å². The average molecular weight is 451 g/mol. The summed E-state index contributed by atoms with van der Waals surface area (Å²) in [6.07, 6.45) is 8.80. The van der Waals surface area contributed by atoms with Crippen molar-refractivity contribution in [1.82, 2.24) is 19.8 Å². The first-order valence-corrected chi connectivity index (χ1v) is 12.0. The molecule has 2 aliphatic heterocycles. The van der Waals surface area contributed by atoms with Crippen LogP contribution in [0.3, 0.4) is 0 Å². The summed E-state index contributed by atoms with van der Waals surface area (Å²) in [7, 11) is 2.20. The van der Waals surface area contributed by atoms with E-state index in [0.29, 0.717) is 6.42 Å². The number of hydrogen-bond donors (Lipinski definition) is 2. The second kappa shape index (κ2) is 9.81. The second-order valence-electron chi connectivity index (χ2n) is 9.51. The van der Waals surface area contributed by atoms with E-state index in [0.717, 1.165) is 65.3 Å². The number of carbonyl (C=O) groups excluding carboxylic acids is 1. The third kappa shape index (κ3) is 4.77. The molecular formula is C26H34N4O3. The molecular weight excluding hydrogens is 416 g/mol. The zero-order valence-electron chi connectivity index (χ0n) is 19.4. The molecule has 0 radical (unpaired) electrons. The summed E-state index contributed by atoms with van der Waals surface area (Å²) in [6, 6.07) is 7.01. The lowest BCUT2D eigenvalue weighted by molar-refractivity contribution is -0.131. The highest BCUT2D eigenvalue weighted by molar-refractivity contribution is 5.87. The van der Waals surface area contributed by atoms with Crippen LogP contribution in [-0.4, -0.2) is 71.9 Å². The number of hydroxylamine groups is 1. The Hall–Kier alpha value is -2.45. The summed E-state index contributed by atoms with van der Waals surface area (Å²) in [5.41, 5.74) is 8.58. The number of nitrogens with one attached hydrogen (secondary N) is 1. The Labute approximate surface area is 195 Å². The van der Waals surface area contributed by atoms with Crippen molar-refractivity contribution in [2.75, 3.05) is 46.4 Å². The van der Waals surface area contributed by atoms with Crippen LogP contribution in [-0.2, 0) is 35.5 Å². The van der Waals surface area contributed by atoms with E-state index < -0.39 is 0 Å². The summed E-state index contributed by atoms with van der Waals surface area (Å²) in [6.45, 7) is 7.70. The van der Waals surface area contributed by atoms with Crippen LogP contribution in [0.25, 0.3) is 10.9 Å². The van der Waals surface area contributed by atoms with Crippen molar-refractivity contribution >= 4 is 16.8 Å². The number of amides is 1. The van der Waals surface area contributed by atoms with Gasteiger partial charge in [-0.2, -0.15) is 0 Å². The highest BCUT2D eigenvalue weighted by atomic mass is 16.5. The number of nitrogens with zero attached hydrogens (tertiary/aromatic N) is 3. The van der Waals surface area contributed by atoms with Crippen LogP contribution in [0.4, 0.5) is 0 Å². The van der Waals surface area contributed by atoms with E-state index in [4.69, 9.17) is 9.94 Å². The number of fused-ring (bicyclic) bond motifs is 3. The number of rotatable bonds is 6. The number of benzene rings is 1. The van der Waals surface area contributed by atoms with Gasteiger partial charge in [-0.3, -0.25) is 14.9 Å². The summed E-state index contributed by atoms with van der Waals surface area (Å²) in [5.74, 6) is -0.644. The number of hydrogen-bond acceptors (Lipinski definition) is 5. The lowest BCUT2D eigenvalue weighted by Crippen LogP contribution is -2.37. The van der Waals surface area contributed by atoms with Crippen molar-refractivity contribution in [2.24, 2.45) is 5.92 Å². The molecule has 1 aromatic heterocycles. The van der Waals surface area contributed by atoms with Gasteiger partial charge in [0.2, 0.25) is 0 Å². The van der Waals surface area contributed by atoms with Crippen molar-refractivity contribution in [2.45, 2.75) is 32.4 Å². The lowest BCUT2D eigenvalue weighted by Gasteiger charge is -2.26. The zero-order chi connectivity index (χ0) is 22.8. The van der Waals surface area contributed by atoms with Gasteiger partial charge in [-0.25, -0.2) is 5.48 Å². The fourth-order valence-corrected chi connectivity index (χ4v) is 5.32. The fraction of sp³-hybridized carbons (Fsp3) is 0.500. The third-order valence-corrected chi connectivity index (χ3v) is 7.29. The molecule has 1 saturated heterocycles. The monoisotopic (exact) mass is 450 g/mol. The van der Waals surface area contributed by atoms with E-state index in [9.17, 15) is 4.79 Å². The van der Waals surface area contributed by atoms with E-state index in [1.807, 2.05) is 12.2 Å². The van der Waals surface area contributed by atoms with Gasteiger partial charge in [-0.05, 0) is 48.7 Å². The normalized spacial score (nSPS) is 21.8. The molecule has 33 heavy (non-hydrogen) atoms. The van der Waals surface area contributed by atoms with Crippen LogP contribution in [0.15, 0.2) is 42.0 Å². The number of carbonyl (C=O) groups is 1. The number of likely N-dealkylation sites (N-methyl/N-ethyl adjacent to an activating group) is 1. The largest absolute Gasteiger partial charge is 0.379 e. The Morgan fingerprint density at radius 2 is 2.09 bits per heavy atom. The molecule has 0 bridgehead atoms. The first-order valence-electron chi connectivity index (χ1n) is 12.0. The van der Waals surface area contributed by atoms with Crippen LogP contribution in [0.1, 0.15) is 23.2 Å². The number of ether oxygens (including phenoxy) is 1. The topological polar surface area (TPSA) is 70.0 Å². The molecule has 1 atom stereocenters. The number of aromatic nitrogens is 1. The van der Waals surface area contributed by atoms with Crippen molar-refractivity contribution in [1.29, 1.82) is 0 Å². The maximum Gasteiger partial charge on any atom is 0.250 e. The van der Waals surface area contributed by atoms with Crippen molar-refractivity contribution < 1.29 is 14.7 Å². The first kappa shape index (κ1) is 22.3. The van der Waals surface area contributed by atoms with Gasteiger partial charge < -0.3 is 14.2 Å². The first-order chi connectivity index (χ1) is 16.1. The van der Waals surface area contributed by atoms with Crippen molar-refractivity contribution in [3.8, 4) is 0 Å². The Balaban J connectivity index is 1.40. The highest BCUT2D eigenvalue weighted by Crippen LogP contribution is 2.33. The zero-order valence-corrected chi connectivity index (χ0v) is 19.4. The summed E-state index contributed by atoms with van der Waals surface area (Å²) in [5, 5.41) is 10.3. The highest BCUT2D eigenvalue weighted by Gasteiger charge is 2.24. The molecule has 1 amide bonds. The summed E-state index contributed by atoms with van der Waals surface area (Å²) >= 11 is 0. The van der Waals surface area contributed by atoms with Crippen LogP contribution >= 0.6 is 0 Å². The fourth-order valence-electron chi connectivity index (χ4n) is 5.32. The maximum absolute atomic E-state index is 11.7. The molecule has 3 heterocycles. The van der Waals surface area contributed by atoms with Gasteiger partial charge in [0.25, 0.3) is 5.91 Å². The number of morpholine rings is 1. The summed E-state index contributed by atoms with van der Waals surface area (Å²) in [4.78, 5) is 16.6. The van der Waals surface area contributed by atoms with E-state index >= 15 is 0 Å². The molecule has 1 aliphatic carbocycles. The minimum atomic E-state index is -0.349. The molecule has 1 aromatic carbocycles.